The predicted octanol–water partition coefficient (Wildman–Crippen LogP) is 3.53. The van der Waals surface area contributed by atoms with Crippen molar-refractivity contribution < 1.29 is 28.4 Å². The van der Waals surface area contributed by atoms with E-state index >= 15 is 0 Å². The van der Waals surface area contributed by atoms with E-state index in [9.17, 15) is 9.36 Å². The molecule has 2 unspecified atom stereocenters. The lowest BCUT2D eigenvalue weighted by molar-refractivity contribution is 0.0993. The Bertz CT molecular complexity index is 533. The lowest BCUT2D eigenvalue weighted by atomic mass is 10.0. The molecule has 7 nitrogen and oxygen atoms in total. The van der Waals surface area contributed by atoms with E-state index in [1.54, 1.807) is 30.3 Å². The van der Waals surface area contributed by atoms with Crippen molar-refractivity contribution in [1.82, 2.24) is 5.32 Å². The average Bonchev–Trinajstić information content (AvgIpc) is 2.51. The van der Waals surface area contributed by atoms with Crippen LogP contribution in [0.2, 0.25) is 0 Å². The van der Waals surface area contributed by atoms with Crippen LogP contribution >= 0.6 is 7.82 Å². The van der Waals surface area contributed by atoms with Crippen LogP contribution in [0.1, 0.15) is 51.1 Å². The predicted molar refractivity (Wildman–Crippen MR) is 90.4 cm³/mol. The highest BCUT2D eigenvalue weighted by atomic mass is 31.2. The van der Waals surface area contributed by atoms with E-state index in [1.807, 2.05) is 0 Å². The summed E-state index contributed by atoms with van der Waals surface area (Å²) in [6.45, 7) is 3.89. The summed E-state index contributed by atoms with van der Waals surface area (Å²) >= 11 is 0. The summed E-state index contributed by atoms with van der Waals surface area (Å²) < 4.78 is 20.9. The van der Waals surface area contributed by atoms with E-state index in [1.165, 1.54) is 6.92 Å². The number of carbonyl (C=O) groups is 1. The number of rotatable bonds is 10. The maximum Gasteiger partial charge on any atom is 0.469 e. The molecule has 0 aromatic heterocycles. The van der Waals surface area contributed by atoms with Gasteiger partial charge in [-0.15, -0.1) is 0 Å². The number of phosphoric ester groups is 1. The number of alkyl carbamates (subject to hydrolysis) is 1. The van der Waals surface area contributed by atoms with Gasteiger partial charge in [0.25, 0.3) is 0 Å². The number of unbranched alkanes of at least 4 members (excludes halogenated alkanes) is 3. The minimum atomic E-state index is -4.67. The van der Waals surface area contributed by atoms with Crippen molar-refractivity contribution in [2.24, 2.45) is 0 Å². The Labute approximate surface area is 142 Å². The van der Waals surface area contributed by atoms with Gasteiger partial charge >= 0.3 is 13.9 Å². The fourth-order valence-corrected chi connectivity index (χ4v) is 2.83. The number of carbonyl (C=O) groups excluding carboxylic acids is 1. The molecule has 0 aliphatic rings. The number of phosphoric acid groups is 1. The molecule has 1 rings (SSSR count). The van der Waals surface area contributed by atoms with Crippen LogP contribution in [0.4, 0.5) is 4.79 Å². The van der Waals surface area contributed by atoms with E-state index < -0.39 is 26.1 Å². The van der Waals surface area contributed by atoms with Gasteiger partial charge in [-0.1, -0.05) is 56.5 Å². The monoisotopic (exact) mass is 359 g/mol. The summed E-state index contributed by atoms with van der Waals surface area (Å²) in [5.74, 6) is 0. The van der Waals surface area contributed by atoms with Gasteiger partial charge in [-0.05, 0) is 18.9 Å². The van der Waals surface area contributed by atoms with Crippen LogP contribution in [0.15, 0.2) is 30.3 Å². The van der Waals surface area contributed by atoms with Crippen molar-refractivity contribution in [2.75, 3.05) is 6.61 Å². The molecule has 1 aromatic carbocycles. The van der Waals surface area contributed by atoms with Crippen molar-refractivity contribution in [1.29, 1.82) is 0 Å². The highest BCUT2D eigenvalue weighted by Gasteiger charge is 2.28. The van der Waals surface area contributed by atoms with Crippen LogP contribution in [0, 0.1) is 0 Å². The van der Waals surface area contributed by atoms with Gasteiger partial charge in [-0.25, -0.2) is 9.36 Å². The average molecular weight is 359 g/mol. The third-order valence-electron chi connectivity index (χ3n) is 3.44. The fraction of sp³-hybridized carbons (Fsp3) is 0.562. The largest absolute Gasteiger partial charge is 0.469 e. The molecule has 0 fully saturated rings. The Morgan fingerprint density at radius 1 is 1.21 bits per heavy atom. The third kappa shape index (κ3) is 8.45. The summed E-state index contributed by atoms with van der Waals surface area (Å²) in [6.07, 6.45) is 2.39. The zero-order valence-corrected chi connectivity index (χ0v) is 14.9. The van der Waals surface area contributed by atoms with Gasteiger partial charge in [0.15, 0.2) is 0 Å². The molecule has 0 bridgehead atoms. The van der Waals surface area contributed by atoms with Gasteiger partial charge < -0.3 is 19.8 Å². The Balaban J connectivity index is 2.65. The van der Waals surface area contributed by atoms with Crippen LogP contribution in [0.25, 0.3) is 0 Å². The molecule has 136 valence electrons. The lowest BCUT2D eigenvalue weighted by Gasteiger charge is -2.25. The Kier molecular flexibility index (Phi) is 9.00. The first-order valence-corrected chi connectivity index (χ1v) is 9.58. The van der Waals surface area contributed by atoms with Crippen LogP contribution in [0.3, 0.4) is 0 Å². The van der Waals surface area contributed by atoms with Gasteiger partial charge in [-0.2, -0.15) is 0 Å². The van der Waals surface area contributed by atoms with Gasteiger partial charge in [0, 0.05) is 0 Å². The number of hydrogen-bond donors (Lipinski definition) is 3. The summed E-state index contributed by atoms with van der Waals surface area (Å²) in [5.41, 5.74) is 0.668. The number of hydrogen-bond acceptors (Lipinski definition) is 4. The topological polar surface area (TPSA) is 105 Å². The normalized spacial score (nSPS) is 14.0. The number of ether oxygens (including phenoxy) is 1. The van der Waals surface area contributed by atoms with Crippen LogP contribution in [-0.2, 0) is 13.8 Å². The summed E-state index contributed by atoms with van der Waals surface area (Å²) in [6, 6.07) is 8.09. The van der Waals surface area contributed by atoms with Crippen LogP contribution in [0.5, 0.6) is 0 Å². The second-order valence-electron chi connectivity index (χ2n) is 5.53. The van der Waals surface area contributed by atoms with Gasteiger partial charge in [0.2, 0.25) is 0 Å². The molecule has 0 radical (unpaired) electrons. The lowest BCUT2D eigenvalue weighted by Crippen LogP contribution is -2.36. The minimum absolute atomic E-state index is 0.307. The molecule has 24 heavy (non-hydrogen) atoms. The minimum Gasteiger partial charge on any atom is -0.450 e. The van der Waals surface area contributed by atoms with E-state index in [0.717, 1.165) is 25.7 Å². The number of amides is 1. The Morgan fingerprint density at radius 2 is 1.88 bits per heavy atom. The van der Waals surface area contributed by atoms with Gasteiger partial charge in [0.05, 0.1) is 18.8 Å². The molecule has 8 heteroatoms. The second kappa shape index (κ2) is 10.5. The van der Waals surface area contributed by atoms with Crippen molar-refractivity contribution in [2.45, 2.75) is 51.7 Å². The molecule has 0 spiro atoms. The molecule has 0 heterocycles. The smallest absolute Gasteiger partial charge is 0.450 e. The summed E-state index contributed by atoms with van der Waals surface area (Å²) in [4.78, 5) is 29.9. The van der Waals surface area contributed by atoms with Gasteiger partial charge in [0.1, 0.15) is 0 Å². The highest BCUT2D eigenvalue weighted by molar-refractivity contribution is 7.46. The van der Waals surface area contributed by atoms with Crippen molar-refractivity contribution >= 4 is 13.9 Å². The second-order valence-corrected chi connectivity index (χ2v) is 6.72. The fourth-order valence-electron chi connectivity index (χ4n) is 2.27. The quantitative estimate of drug-likeness (QED) is 0.436. The van der Waals surface area contributed by atoms with E-state index in [2.05, 4.69) is 12.2 Å². The molecule has 0 aliphatic heterocycles. The van der Waals surface area contributed by atoms with E-state index in [0.29, 0.717) is 12.2 Å². The van der Waals surface area contributed by atoms with E-state index in [4.69, 9.17) is 19.0 Å². The Hall–Kier alpha value is -1.40. The van der Waals surface area contributed by atoms with Gasteiger partial charge in [-0.3, -0.25) is 4.52 Å². The molecule has 0 aliphatic carbocycles. The van der Waals surface area contributed by atoms with Crippen molar-refractivity contribution in [3.05, 3.63) is 35.9 Å². The Morgan fingerprint density at radius 3 is 2.46 bits per heavy atom. The summed E-state index contributed by atoms with van der Waals surface area (Å²) in [7, 11) is -4.67. The SMILES string of the molecule is CCCCCCOC(=O)NC(c1ccccc1)C(C)OP(=O)(O)O. The number of benzene rings is 1. The summed E-state index contributed by atoms with van der Waals surface area (Å²) in [5, 5.41) is 2.62. The first-order chi connectivity index (χ1) is 11.3. The molecule has 0 saturated heterocycles. The molecule has 1 amide bonds. The third-order valence-corrected chi connectivity index (χ3v) is 4.04. The zero-order valence-electron chi connectivity index (χ0n) is 14.1. The highest BCUT2D eigenvalue weighted by Crippen LogP contribution is 2.40. The number of nitrogens with one attached hydrogen (secondary N) is 1. The molecule has 2 atom stereocenters. The van der Waals surface area contributed by atoms with Crippen molar-refractivity contribution in [3.8, 4) is 0 Å². The van der Waals surface area contributed by atoms with E-state index in [-0.39, 0.29) is 0 Å². The van der Waals surface area contributed by atoms with Crippen molar-refractivity contribution in [3.63, 3.8) is 0 Å². The molecular formula is C16H26NO6P. The standard InChI is InChI=1S/C16H26NO6P/c1-3-4-5-9-12-22-16(18)17-15(13(2)23-24(19,20)21)14-10-7-6-8-11-14/h6-8,10-11,13,15H,3-5,9,12H2,1-2H3,(H,17,18)(H2,19,20,21). The first kappa shape index (κ1) is 20.6. The van der Waals surface area contributed by atoms with Crippen LogP contribution < -0.4 is 5.32 Å². The first-order valence-electron chi connectivity index (χ1n) is 8.05. The molecule has 1 aromatic rings. The molecule has 0 saturated carbocycles. The molecule has 3 N–H and O–H groups in total. The maximum atomic E-state index is 11.9. The maximum absolute atomic E-state index is 11.9. The zero-order chi connectivity index (χ0) is 18.0. The van der Waals surface area contributed by atoms with Crippen LogP contribution in [-0.4, -0.2) is 28.6 Å². The molecular weight excluding hydrogens is 333 g/mol.